The van der Waals surface area contributed by atoms with Crippen LogP contribution >= 0.6 is 11.6 Å². The molecule has 6 rings (SSSR count). The maximum absolute atomic E-state index is 6.34. The van der Waals surface area contributed by atoms with Gasteiger partial charge in [-0.05, 0) is 118 Å². The van der Waals surface area contributed by atoms with Gasteiger partial charge in [0, 0.05) is 39.2 Å². The minimum atomic E-state index is 0.0472. The van der Waals surface area contributed by atoms with Crippen LogP contribution in [0, 0.1) is 0 Å². The fraction of sp³-hybridized carbons (Fsp3) is 0.467. The van der Waals surface area contributed by atoms with Crippen molar-refractivity contribution in [1.29, 1.82) is 0 Å². The Morgan fingerprint density at radius 1 is 1.03 bits per heavy atom. The highest BCUT2D eigenvalue weighted by atomic mass is 35.5. The van der Waals surface area contributed by atoms with Crippen molar-refractivity contribution in [2.24, 2.45) is 0 Å². The van der Waals surface area contributed by atoms with Crippen molar-refractivity contribution in [1.82, 2.24) is 4.90 Å². The summed E-state index contributed by atoms with van der Waals surface area (Å²) in [6.45, 7) is 12.2. The Morgan fingerprint density at radius 3 is 2.62 bits per heavy atom. The first kappa shape index (κ1) is 22.2. The number of hydrogen-bond acceptors (Lipinski definition) is 3. The molecular weight excluding hydrogens is 438 g/mol. The van der Waals surface area contributed by atoms with Gasteiger partial charge in [0.1, 0.15) is 0 Å². The number of rotatable bonds is 5. The largest absolute Gasteiger partial charge is 0.358 e. The van der Waals surface area contributed by atoms with E-state index in [1.54, 1.807) is 0 Å². The van der Waals surface area contributed by atoms with Crippen LogP contribution in [0.4, 0.5) is 11.4 Å². The minimum Gasteiger partial charge on any atom is -0.358 e. The van der Waals surface area contributed by atoms with E-state index in [0.29, 0.717) is 6.04 Å². The molecule has 0 atom stereocenters. The molecule has 3 aliphatic heterocycles. The monoisotopic (exact) mass is 473 g/mol. The van der Waals surface area contributed by atoms with E-state index in [1.165, 1.54) is 66.0 Å². The highest BCUT2D eigenvalue weighted by Gasteiger charge is 2.44. The molecule has 1 aliphatic carbocycles. The molecule has 3 nitrogen and oxygen atoms in total. The number of piperidine rings is 1. The summed E-state index contributed by atoms with van der Waals surface area (Å²) >= 11 is 6.34. The SMILES string of the molecule is C=C1CCc2cc(CCCN3CCC4(CC3)C(=C)Nc3ccc(Cl)cc34)ccc2N1C1CCC1. The van der Waals surface area contributed by atoms with E-state index in [9.17, 15) is 0 Å². The maximum atomic E-state index is 6.34. The molecule has 34 heavy (non-hydrogen) atoms. The second kappa shape index (κ2) is 8.77. The lowest BCUT2D eigenvalue weighted by Crippen LogP contribution is -2.43. The van der Waals surface area contributed by atoms with E-state index in [4.69, 9.17) is 11.6 Å². The lowest BCUT2D eigenvalue weighted by molar-refractivity contribution is 0.179. The number of aryl methyl sites for hydroxylation is 2. The van der Waals surface area contributed by atoms with Crippen LogP contribution < -0.4 is 10.2 Å². The molecule has 0 aromatic heterocycles. The molecule has 1 spiro atoms. The molecule has 1 N–H and O–H groups in total. The second-order valence-electron chi connectivity index (χ2n) is 10.8. The second-order valence-corrected chi connectivity index (χ2v) is 11.2. The lowest BCUT2D eigenvalue weighted by Gasteiger charge is -2.43. The van der Waals surface area contributed by atoms with Gasteiger partial charge in [0.2, 0.25) is 0 Å². The number of benzene rings is 2. The van der Waals surface area contributed by atoms with Crippen molar-refractivity contribution < 1.29 is 0 Å². The molecule has 0 bridgehead atoms. The van der Waals surface area contributed by atoms with Crippen molar-refractivity contribution >= 4 is 23.0 Å². The van der Waals surface area contributed by atoms with E-state index >= 15 is 0 Å². The summed E-state index contributed by atoms with van der Waals surface area (Å²) in [5, 5.41) is 4.35. The number of anilines is 2. The van der Waals surface area contributed by atoms with Crippen molar-refractivity contribution in [2.75, 3.05) is 29.9 Å². The van der Waals surface area contributed by atoms with Crippen LogP contribution in [-0.4, -0.2) is 30.6 Å². The Hall–Kier alpha value is -2.23. The highest BCUT2D eigenvalue weighted by molar-refractivity contribution is 6.30. The van der Waals surface area contributed by atoms with E-state index in [2.05, 4.69) is 58.6 Å². The highest BCUT2D eigenvalue weighted by Crippen LogP contribution is 2.50. The summed E-state index contributed by atoms with van der Waals surface area (Å²) in [4.78, 5) is 5.19. The van der Waals surface area contributed by atoms with Crippen molar-refractivity contribution in [2.45, 2.75) is 69.2 Å². The molecule has 0 radical (unpaired) electrons. The van der Waals surface area contributed by atoms with Gasteiger partial charge in [-0.1, -0.05) is 36.9 Å². The average molecular weight is 474 g/mol. The van der Waals surface area contributed by atoms with Crippen LogP contribution in [0.3, 0.4) is 0 Å². The molecule has 4 heteroatoms. The first-order chi connectivity index (χ1) is 16.5. The lowest BCUT2D eigenvalue weighted by atomic mass is 9.72. The third-order valence-electron chi connectivity index (χ3n) is 8.88. The van der Waals surface area contributed by atoms with Crippen molar-refractivity contribution in [3.05, 3.63) is 82.7 Å². The van der Waals surface area contributed by atoms with Gasteiger partial charge < -0.3 is 15.1 Å². The number of likely N-dealkylation sites (tertiary alicyclic amines) is 1. The predicted molar refractivity (Wildman–Crippen MR) is 144 cm³/mol. The Bertz CT molecular complexity index is 1120. The van der Waals surface area contributed by atoms with Gasteiger partial charge in [-0.2, -0.15) is 0 Å². The van der Waals surface area contributed by atoms with E-state index in [-0.39, 0.29) is 5.41 Å². The molecule has 1 saturated heterocycles. The first-order valence-corrected chi connectivity index (χ1v) is 13.5. The number of nitrogens with one attached hydrogen (secondary N) is 1. The number of nitrogens with zero attached hydrogens (tertiary/aromatic N) is 2. The maximum Gasteiger partial charge on any atom is 0.0443 e. The van der Waals surface area contributed by atoms with Crippen LogP contribution in [0.1, 0.15) is 61.6 Å². The van der Waals surface area contributed by atoms with Crippen LogP contribution in [0.25, 0.3) is 0 Å². The van der Waals surface area contributed by atoms with Gasteiger partial charge in [0.15, 0.2) is 0 Å². The normalized spacial score (nSPS) is 21.9. The number of allylic oxidation sites excluding steroid dienone is 2. The Kier molecular flexibility index (Phi) is 5.74. The van der Waals surface area contributed by atoms with E-state index in [0.717, 1.165) is 55.9 Å². The molecular formula is C30H36ClN3. The predicted octanol–water partition coefficient (Wildman–Crippen LogP) is 7.06. The third-order valence-corrected chi connectivity index (χ3v) is 9.11. The Labute approximate surface area is 209 Å². The van der Waals surface area contributed by atoms with Crippen molar-refractivity contribution in [3.63, 3.8) is 0 Å². The van der Waals surface area contributed by atoms with Gasteiger partial charge in [0.05, 0.1) is 0 Å². The molecule has 1 saturated carbocycles. The van der Waals surface area contributed by atoms with E-state index in [1.807, 2.05) is 6.07 Å². The van der Waals surface area contributed by atoms with Crippen LogP contribution in [-0.2, 0) is 18.3 Å². The summed E-state index contributed by atoms with van der Waals surface area (Å²) in [5.41, 5.74) is 9.50. The Balaban J connectivity index is 1.05. The topological polar surface area (TPSA) is 18.5 Å². The first-order valence-electron chi connectivity index (χ1n) is 13.1. The zero-order chi connectivity index (χ0) is 23.3. The van der Waals surface area contributed by atoms with Gasteiger partial charge in [0.25, 0.3) is 0 Å². The van der Waals surface area contributed by atoms with E-state index < -0.39 is 0 Å². The molecule has 178 valence electrons. The van der Waals surface area contributed by atoms with Crippen LogP contribution in [0.15, 0.2) is 61.0 Å². The van der Waals surface area contributed by atoms with Gasteiger partial charge in [-0.15, -0.1) is 0 Å². The van der Waals surface area contributed by atoms with Crippen LogP contribution in [0.2, 0.25) is 5.02 Å². The smallest absolute Gasteiger partial charge is 0.0443 e. The summed E-state index contributed by atoms with van der Waals surface area (Å²) in [7, 11) is 0. The fourth-order valence-corrected chi connectivity index (χ4v) is 6.77. The van der Waals surface area contributed by atoms with Crippen molar-refractivity contribution in [3.8, 4) is 0 Å². The minimum absolute atomic E-state index is 0.0472. The van der Waals surface area contributed by atoms with Gasteiger partial charge in [-0.25, -0.2) is 0 Å². The molecule has 2 fully saturated rings. The summed E-state index contributed by atoms with van der Waals surface area (Å²) in [5.74, 6) is 0. The summed E-state index contributed by atoms with van der Waals surface area (Å²) in [6, 6.07) is 14.1. The standard InChI is InChI=1S/C30H36ClN3/c1-21-8-10-24-19-23(9-13-29(24)34(21)26-6-3-7-26)5-4-16-33-17-14-30(15-18-33)22(2)32-28-12-11-25(31)20-27(28)30/h9,11-13,19-20,26,32H,1-8,10,14-18H2. The van der Waals surface area contributed by atoms with Gasteiger partial charge in [-0.3, -0.25) is 0 Å². The number of hydrogen-bond donors (Lipinski definition) is 1. The third kappa shape index (κ3) is 3.78. The number of fused-ring (bicyclic) bond motifs is 3. The summed E-state index contributed by atoms with van der Waals surface area (Å²) in [6.07, 6.45) is 10.9. The zero-order valence-corrected chi connectivity index (χ0v) is 21.0. The summed E-state index contributed by atoms with van der Waals surface area (Å²) < 4.78 is 0. The Morgan fingerprint density at radius 2 is 1.85 bits per heavy atom. The number of halogens is 1. The molecule has 3 heterocycles. The quantitative estimate of drug-likeness (QED) is 0.501. The molecule has 2 aromatic rings. The fourth-order valence-electron chi connectivity index (χ4n) is 6.60. The molecule has 0 unspecified atom stereocenters. The molecule has 2 aromatic carbocycles. The molecule has 4 aliphatic rings. The van der Waals surface area contributed by atoms with Gasteiger partial charge >= 0.3 is 0 Å². The zero-order valence-electron chi connectivity index (χ0n) is 20.2. The molecule has 0 amide bonds. The van der Waals surface area contributed by atoms with Crippen LogP contribution in [0.5, 0.6) is 0 Å². The average Bonchev–Trinajstić information content (AvgIpc) is 3.06.